The molecule has 0 saturated heterocycles. The fourth-order valence-electron chi connectivity index (χ4n) is 2.89. The number of hydrogen-bond acceptors (Lipinski definition) is 3. The van der Waals surface area contributed by atoms with E-state index in [-0.39, 0.29) is 12.1 Å². The van der Waals surface area contributed by atoms with Crippen molar-refractivity contribution in [2.45, 2.75) is 6.17 Å². The Morgan fingerprint density at radius 1 is 1.00 bits per heavy atom. The molecular weight excluding hydrogens is 322 g/mol. The summed E-state index contributed by atoms with van der Waals surface area (Å²) in [5.74, 6) is -0.0551. The Kier molecular flexibility index (Phi) is 3.67. The third-order valence-electron chi connectivity index (χ3n) is 4.03. The highest BCUT2D eigenvalue weighted by Gasteiger charge is 2.33. The maximum atomic E-state index is 13.1. The largest absolute Gasteiger partial charge is 0.360 e. The van der Waals surface area contributed by atoms with Gasteiger partial charge >= 0.3 is 0 Å². The van der Waals surface area contributed by atoms with Crippen LogP contribution in [0.3, 0.4) is 0 Å². The van der Waals surface area contributed by atoms with E-state index < -0.39 is 0 Å². The van der Waals surface area contributed by atoms with E-state index >= 15 is 0 Å². The molecule has 1 aliphatic heterocycles. The average molecular weight is 336 g/mol. The first-order valence-corrected chi connectivity index (χ1v) is 7.96. The number of pyridine rings is 1. The zero-order valence-electron chi connectivity index (χ0n) is 12.7. The van der Waals surface area contributed by atoms with Crippen LogP contribution in [0.4, 0.5) is 11.4 Å². The molecule has 0 aliphatic carbocycles. The molecule has 0 radical (unpaired) electrons. The quantitative estimate of drug-likeness (QED) is 0.749. The lowest BCUT2D eigenvalue weighted by Gasteiger charge is -2.38. The number of carbonyl (C=O) groups is 1. The van der Waals surface area contributed by atoms with E-state index in [4.69, 9.17) is 11.6 Å². The van der Waals surface area contributed by atoms with E-state index in [1.165, 1.54) is 0 Å². The molecule has 1 amide bonds. The lowest BCUT2D eigenvalue weighted by Crippen LogP contribution is -2.43. The Morgan fingerprint density at radius 3 is 2.54 bits per heavy atom. The number of hydrogen-bond donors (Lipinski definition) is 1. The van der Waals surface area contributed by atoms with E-state index in [1.807, 2.05) is 48.5 Å². The summed E-state index contributed by atoms with van der Waals surface area (Å²) < 4.78 is 0. The monoisotopic (exact) mass is 335 g/mol. The maximum absolute atomic E-state index is 13.1. The molecule has 24 heavy (non-hydrogen) atoms. The molecule has 4 nitrogen and oxygen atoms in total. The minimum Gasteiger partial charge on any atom is -0.360 e. The Bertz CT molecular complexity index is 881. The molecule has 0 saturated carbocycles. The van der Waals surface area contributed by atoms with Crippen LogP contribution >= 0.6 is 11.6 Å². The van der Waals surface area contributed by atoms with Crippen LogP contribution in [0.25, 0.3) is 0 Å². The van der Waals surface area contributed by atoms with Gasteiger partial charge in [-0.25, -0.2) is 0 Å². The van der Waals surface area contributed by atoms with Crippen LogP contribution in [0.5, 0.6) is 0 Å². The third-order valence-corrected chi connectivity index (χ3v) is 4.28. The van der Waals surface area contributed by atoms with Crippen LogP contribution in [-0.2, 0) is 0 Å². The number of carbonyl (C=O) groups excluding carboxylic acids is 1. The average Bonchev–Trinajstić information content (AvgIpc) is 2.63. The van der Waals surface area contributed by atoms with Gasteiger partial charge in [0, 0.05) is 34.4 Å². The smallest absolute Gasteiger partial charge is 0.262 e. The summed E-state index contributed by atoms with van der Waals surface area (Å²) in [6.45, 7) is 0. The van der Waals surface area contributed by atoms with Crippen molar-refractivity contribution >= 4 is 28.9 Å². The van der Waals surface area contributed by atoms with E-state index in [1.54, 1.807) is 29.4 Å². The number of rotatable bonds is 2. The molecule has 2 aromatic carbocycles. The van der Waals surface area contributed by atoms with Gasteiger partial charge in [0.05, 0.1) is 5.56 Å². The van der Waals surface area contributed by atoms with Crippen molar-refractivity contribution in [3.63, 3.8) is 0 Å². The Balaban J connectivity index is 1.86. The van der Waals surface area contributed by atoms with Crippen molar-refractivity contribution in [2.24, 2.45) is 0 Å². The molecule has 3 aromatic rings. The lowest BCUT2D eigenvalue weighted by atomic mass is 10.0. The van der Waals surface area contributed by atoms with E-state index in [0.717, 1.165) is 16.9 Å². The first-order valence-electron chi connectivity index (χ1n) is 7.59. The molecular formula is C19H14ClN3O. The van der Waals surface area contributed by atoms with Gasteiger partial charge in [0.25, 0.3) is 5.91 Å². The van der Waals surface area contributed by atoms with Crippen LogP contribution in [0.1, 0.15) is 22.1 Å². The summed E-state index contributed by atoms with van der Waals surface area (Å²) in [5, 5.41) is 4.07. The molecule has 1 aromatic heterocycles. The topological polar surface area (TPSA) is 45.2 Å². The van der Waals surface area contributed by atoms with Gasteiger partial charge in [0.1, 0.15) is 6.17 Å². The van der Waals surface area contributed by atoms with Gasteiger partial charge in [-0.2, -0.15) is 0 Å². The second kappa shape index (κ2) is 5.98. The molecule has 118 valence electrons. The van der Waals surface area contributed by atoms with Gasteiger partial charge < -0.3 is 5.32 Å². The Labute approximate surface area is 144 Å². The van der Waals surface area contributed by atoms with Gasteiger partial charge in [-0.3, -0.25) is 14.7 Å². The standard InChI is InChI=1S/C19H14ClN3O/c20-14-7-9-15(10-8-14)23-18(13-4-3-11-21-12-13)22-17-6-2-1-5-16(17)19(23)24/h1-12,18,22H. The number of fused-ring (bicyclic) bond motifs is 1. The zero-order chi connectivity index (χ0) is 16.5. The maximum Gasteiger partial charge on any atom is 0.262 e. The number of nitrogens with one attached hydrogen (secondary N) is 1. The summed E-state index contributed by atoms with van der Waals surface area (Å²) in [5.41, 5.74) is 3.16. The molecule has 2 heterocycles. The molecule has 0 fully saturated rings. The minimum absolute atomic E-state index is 0.0551. The third kappa shape index (κ3) is 2.51. The fraction of sp³-hybridized carbons (Fsp3) is 0.0526. The highest BCUT2D eigenvalue weighted by Crippen LogP contribution is 2.36. The number of aromatic nitrogens is 1. The molecule has 0 spiro atoms. The SMILES string of the molecule is O=C1c2ccccc2NC(c2cccnc2)N1c1ccc(Cl)cc1. The predicted octanol–water partition coefficient (Wildman–Crippen LogP) is 4.51. The molecule has 1 aliphatic rings. The molecule has 4 rings (SSSR count). The number of para-hydroxylation sites is 1. The predicted molar refractivity (Wildman–Crippen MR) is 95.3 cm³/mol. The van der Waals surface area contributed by atoms with Gasteiger partial charge in [-0.05, 0) is 42.5 Å². The number of benzene rings is 2. The van der Waals surface area contributed by atoms with Gasteiger partial charge in [-0.15, -0.1) is 0 Å². The van der Waals surface area contributed by atoms with Crippen molar-refractivity contribution in [3.05, 3.63) is 89.2 Å². The Hall–Kier alpha value is -2.85. The molecule has 1 unspecified atom stereocenters. The van der Waals surface area contributed by atoms with E-state index in [2.05, 4.69) is 10.3 Å². The van der Waals surface area contributed by atoms with Crippen molar-refractivity contribution < 1.29 is 4.79 Å². The fourth-order valence-corrected chi connectivity index (χ4v) is 3.02. The zero-order valence-corrected chi connectivity index (χ0v) is 13.4. The molecule has 1 atom stereocenters. The van der Waals surface area contributed by atoms with Crippen LogP contribution in [0.2, 0.25) is 5.02 Å². The number of nitrogens with zero attached hydrogens (tertiary/aromatic N) is 2. The molecule has 1 N–H and O–H groups in total. The highest BCUT2D eigenvalue weighted by atomic mass is 35.5. The minimum atomic E-state index is -0.331. The Morgan fingerprint density at radius 2 is 1.79 bits per heavy atom. The summed E-state index contributed by atoms with van der Waals surface area (Å²) in [6.07, 6.45) is 3.15. The van der Waals surface area contributed by atoms with Crippen molar-refractivity contribution in [1.29, 1.82) is 0 Å². The normalized spacial score (nSPS) is 16.5. The van der Waals surface area contributed by atoms with Crippen LogP contribution in [0.15, 0.2) is 73.1 Å². The van der Waals surface area contributed by atoms with Crippen LogP contribution in [-0.4, -0.2) is 10.9 Å². The number of amides is 1. The summed E-state index contributed by atoms with van der Waals surface area (Å²) in [7, 11) is 0. The molecule has 5 heteroatoms. The highest BCUT2D eigenvalue weighted by molar-refractivity contribution is 6.30. The summed E-state index contributed by atoms with van der Waals surface area (Å²) >= 11 is 5.99. The van der Waals surface area contributed by atoms with Crippen LogP contribution < -0.4 is 10.2 Å². The van der Waals surface area contributed by atoms with E-state index in [0.29, 0.717) is 10.6 Å². The van der Waals surface area contributed by atoms with Crippen molar-refractivity contribution in [3.8, 4) is 0 Å². The van der Waals surface area contributed by atoms with Crippen LogP contribution in [0, 0.1) is 0 Å². The number of halogens is 1. The lowest BCUT2D eigenvalue weighted by molar-refractivity contribution is 0.0975. The van der Waals surface area contributed by atoms with Crippen molar-refractivity contribution in [2.75, 3.05) is 10.2 Å². The first kappa shape index (κ1) is 14.7. The first-order chi connectivity index (χ1) is 11.7. The van der Waals surface area contributed by atoms with Gasteiger partial charge in [-0.1, -0.05) is 29.8 Å². The van der Waals surface area contributed by atoms with Gasteiger partial charge in [0.15, 0.2) is 0 Å². The number of anilines is 2. The van der Waals surface area contributed by atoms with Gasteiger partial charge in [0.2, 0.25) is 0 Å². The second-order valence-corrected chi connectivity index (χ2v) is 5.97. The summed E-state index contributed by atoms with van der Waals surface area (Å²) in [4.78, 5) is 19.0. The summed E-state index contributed by atoms with van der Waals surface area (Å²) in [6, 6.07) is 18.6. The van der Waals surface area contributed by atoms with Crippen molar-refractivity contribution in [1.82, 2.24) is 4.98 Å². The van der Waals surface area contributed by atoms with E-state index in [9.17, 15) is 4.79 Å². The molecule has 0 bridgehead atoms. The second-order valence-electron chi connectivity index (χ2n) is 5.53.